The zero-order valence-electron chi connectivity index (χ0n) is 20.5. The summed E-state index contributed by atoms with van der Waals surface area (Å²) in [7, 11) is 0. The van der Waals surface area contributed by atoms with Crippen molar-refractivity contribution in [3.05, 3.63) is 71.3 Å². The number of hydrogen-bond acceptors (Lipinski definition) is 5. The zero-order chi connectivity index (χ0) is 25.8. The molecule has 2 rings (SSSR count). The van der Waals surface area contributed by atoms with Gasteiger partial charge in [-0.05, 0) is 64.3 Å². The normalized spacial score (nSPS) is 11.5. The molecule has 0 spiro atoms. The molecule has 3 N–H and O–H groups in total. The van der Waals surface area contributed by atoms with E-state index in [1.807, 2.05) is 67.8 Å². The summed E-state index contributed by atoms with van der Waals surface area (Å²) in [5.74, 6) is -1.00. The van der Waals surface area contributed by atoms with Gasteiger partial charge < -0.3 is 14.9 Å². The van der Waals surface area contributed by atoms with Crippen molar-refractivity contribution in [1.29, 1.82) is 0 Å². The lowest BCUT2D eigenvalue weighted by Crippen LogP contribution is -2.39. The van der Waals surface area contributed by atoms with Crippen LogP contribution in [0.1, 0.15) is 49.2 Å². The number of hydrogen-bond donors (Lipinski definition) is 3. The van der Waals surface area contributed by atoms with E-state index in [9.17, 15) is 9.90 Å². The standard InChI is InChI=1S/C25H32N6O2S2/c1-5-30(6-2)24(34)28-26-21(18-12-10-9-11-13-18)22(27-29-25(35)31(7-3)8-4)19-14-16-20(17-15-19)23(32)33/h9-17H,5-8H2,1-4H3,(H,28,34)(H,29,35)(H,32,33). The number of carboxylic acids is 1. The molecule has 0 amide bonds. The summed E-state index contributed by atoms with van der Waals surface area (Å²) in [5, 5.41) is 19.6. The average Bonchev–Trinajstić information content (AvgIpc) is 2.88. The highest BCUT2D eigenvalue weighted by Crippen LogP contribution is 2.12. The smallest absolute Gasteiger partial charge is 0.335 e. The summed E-state index contributed by atoms with van der Waals surface area (Å²) in [4.78, 5) is 15.3. The van der Waals surface area contributed by atoms with Gasteiger partial charge >= 0.3 is 5.97 Å². The molecule has 0 heterocycles. The Morgan fingerprint density at radius 1 is 0.714 bits per heavy atom. The average molecular weight is 513 g/mol. The monoisotopic (exact) mass is 512 g/mol. The lowest BCUT2D eigenvalue weighted by Gasteiger charge is -2.22. The summed E-state index contributed by atoms with van der Waals surface area (Å²) in [5.41, 5.74) is 8.64. The highest BCUT2D eigenvalue weighted by atomic mass is 32.1. The van der Waals surface area contributed by atoms with E-state index in [4.69, 9.17) is 24.4 Å². The van der Waals surface area contributed by atoms with Crippen molar-refractivity contribution in [2.24, 2.45) is 10.2 Å². The van der Waals surface area contributed by atoms with Crippen molar-refractivity contribution in [1.82, 2.24) is 20.7 Å². The first-order valence-electron chi connectivity index (χ1n) is 11.5. The summed E-state index contributed by atoms with van der Waals surface area (Å²) in [6.07, 6.45) is 0. The molecule has 0 saturated carbocycles. The van der Waals surface area contributed by atoms with Gasteiger partial charge in [-0.1, -0.05) is 42.5 Å². The lowest BCUT2D eigenvalue weighted by atomic mass is 9.99. The van der Waals surface area contributed by atoms with Crippen LogP contribution >= 0.6 is 24.4 Å². The van der Waals surface area contributed by atoms with Gasteiger partial charge in [0.25, 0.3) is 0 Å². The largest absolute Gasteiger partial charge is 0.478 e. The number of thiocarbonyl (C=S) groups is 2. The molecule has 10 heteroatoms. The Labute approximate surface area is 217 Å². The molecule has 8 nitrogen and oxygen atoms in total. The van der Waals surface area contributed by atoms with E-state index in [2.05, 4.69) is 21.1 Å². The Bertz CT molecular complexity index is 1060. The van der Waals surface area contributed by atoms with E-state index < -0.39 is 5.97 Å². The van der Waals surface area contributed by atoms with Gasteiger partial charge in [-0.15, -0.1) is 0 Å². The summed E-state index contributed by atoms with van der Waals surface area (Å²) in [6.45, 7) is 11.0. The van der Waals surface area contributed by atoms with E-state index >= 15 is 0 Å². The first-order chi connectivity index (χ1) is 16.9. The van der Waals surface area contributed by atoms with Crippen LogP contribution < -0.4 is 10.9 Å². The van der Waals surface area contributed by atoms with Crippen molar-refractivity contribution >= 4 is 52.1 Å². The Morgan fingerprint density at radius 3 is 1.46 bits per heavy atom. The number of hydrazone groups is 2. The zero-order valence-corrected chi connectivity index (χ0v) is 22.1. The van der Waals surface area contributed by atoms with Crippen LogP contribution in [0.2, 0.25) is 0 Å². The van der Waals surface area contributed by atoms with Crippen LogP contribution in [-0.2, 0) is 0 Å². The maximum absolute atomic E-state index is 11.4. The van der Waals surface area contributed by atoms with Crippen LogP contribution in [-0.4, -0.2) is 68.7 Å². The lowest BCUT2D eigenvalue weighted by molar-refractivity contribution is 0.0697. The number of carboxylic acid groups (broad SMARTS) is 1. The maximum atomic E-state index is 11.4. The predicted octanol–water partition coefficient (Wildman–Crippen LogP) is 3.93. The Kier molecular flexibility index (Phi) is 11.2. The summed E-state index contributed by atoms with van der Waals surface area (Å²) in [6, 6.07) is 16.0. The first kappa shape index (κ1) is 27.9. The molecule has 0 bridgehead atoms. The van der Waals surface area contributed by atoms with E-state index in [1.165, 1.54) is 12.1 Å². The predicted molar refractivity (Wildman–Crippen MR) is 150 cm³/mol. The fourth-order valence-corrected chi connectivity index (χ4v) is 3.85. The maximum Gasteiger partial charge on any atom is 0.335 e. The van der Waals surface area contributed by atoms with Gasteiger partial charge in [0, 0.05) is 37.3 Å². The molecule has 0 aliphatic rings. The topological polar surface area (TPSA) is 92.6 Å². The third kappa shape index (κ3) is 7.83. The number of benzene rings is 2. The second-order valence-corrected chi connectivity index (χ2v) is 8.12. The van der Waals surface area contributed by atoms with Crippen molar-refractivity contribution in [3.8, 4) is 0 Å². The first-order valence-corrected chi connectivity index (χ1v) is 12.3. The fraction of sp³-hybridized carbons (Fsp3) is 0.320. The van der Waals surface area contributed by atoms with Crippen molar-refractivity contribution in [2.75, 3.05) is 26.2 Å². The number of carbonyl (C=O) groups is 1. The molecule has 186 valence electrons. The minimum absolute atomic E-state index is 0.179. The van der Waals surface area contributed by atoms with E-state index in [0.29, 0.717) is 27.2 Å². The summed E-state index contributed by atoms with van der Waals surface area (Å²) < 4.78 is 0. The van der Waals surface area contributed by atoms with Gasteiger partial charge in [0.05, 0.1) is 5.56 Å². The number of rotatable bonds is 10. The SMILES string of the molecule is CCN(CC)C(=S)NN=C(C(=NNC(=S)N(CC)CC)c1ccc(C(=O)O)cc1)c1ccccc1. The number of nitrogens with zero attached hydrogens (tertiary/aromatic N) is 4. The minimum Gasteiger partial charge on any atom is -0.478 e. The van der Waals surface area contributed by atoms with Crippen LogP contribution in [0.25, 0.3) is 0 Å². The molecule has 0 radical (unpaired) electrons. The molecule has 0 aromatic heterocycles. The molecule has 35 heavy (non-hydrogen) atoms. The molecule has 0 atom stereocenters. The molecule has 0 saturated heterocycles. The van der Waals surface area contributed by atoms with Gasteiger partial charge in [0.2, 0.25) is 0 Å². The fourth-order valence-electron chi connectivity index (χ4n) is 3.25. The number of aromatic carboxylic acids is 1. The second kappa shape index (κ2) is 14.1. The van der Waals surface area contributed by atoms with Gasteiger partial charge in [-0.25, -0.2) is 4.79 Å². The van der Waals surface area contributed by atoms with Crippen molar-refractivity contribution in [3.63, 3.8) is 0 Å². The highest BCUT2D eigenvalue weighted by molar-refractivity contribution is 7.80. The Balaban J connectivity index is 2.60. The molecule has 2 aromatic carbocycles. The van der Waals surface area contributed by atoms with Gasteiger partial charge in [-0.2, -0.15) is 10.2 Å². The van der Waals surface area contributed by atoms with Crippen molar-refractivity contribution < 1.29 is 9.90 Å². The van der Waals surface area contributed by atoms with E-state index in [1.54, 1.807) is 12.1 Å². The highest BCUT2D eigenvalue weighted by Gasteiger charge is 2.18. The third-order valence-corrected chi connectivity index (χ3v) is 6.00. The van der Waals surface area contributed by atoms with E-state index in [-0.39, 0.29) is 5.56 Å². The molecule has 0 aliphatic heterocycles. The van der Waals surface area contributed by atoms with Crippen molar-refractivity contribution in [2.45, 2.75) is 27.7 Å². The molecular formula is C25H32N6O2S2. The van der Waals surface area contributed by atoms with Crippen LogP contribution in [0, 0.1) is 0 Å². The van der Waals surface area contributed by atoms with Crippen LogP contribution in [0.4, 0.5) is 0 Å². The molecule has 0 fully saturated rings. The van der Waals surface area contributed by atoms with Crippen LogP contribution in [0.15, 0.2) is 64.8 Å². The van der Waals surface area contributed by atoms with Gasteiger partial charge in [0.1, 0.15) is 11.4 Å². The quantitative estimate of drug-likeness (QED) is 0.251. The summed E-state index contributed by atoms with van der Waals surface area (Å²) >= 11 is 11.0. The molecule has 0 aliphatic carbocycles. The van der Waals surface area contributed by atoms with Gasteiger partial charge in [-0.3, -0.25) is 10.9 Å². The third-order valence-electron chi connectivity index (χ3n) is 5.30. The second-order valence-electron chi connectivity index (χ2n) is 7.35. The molecular weight excluding hydrogens is 480 g/mol. The van der Waals surface area contributed by atoms with Crippen LogP contribution in [0.3, 0.4) is 0 Å². The van der Waals surface area contributed by atoms with E-state index in [0.717, 1.165) is 31.7 Å². The molecule has 0 unspecified atom stereocenters. The van der Waals surface area contributed by atoms with Gasteiger partial charge in [0.15, 0.2) is 10.2 Å². The Hall–Kier alpha value is -3.37. The van der Waals surface area contributed by atoms with Crippen LogP contribution in [0.5, 0.6) is 0 Å². The number of nitrogens with one attached hydrogen (secondary N) is 2. The Morgan fingerprint density at radius 2 is 1.09 bits per heavy atom. The minimum atomic E-state index is -1.00. The molecule has 2 aromatic rings.